The van der Waals surface area contributed by atoms with Gasteiger partial charge in [-0.1, -0.05) is 35.3 Å². The predicted octanol–water partition coefficient (Wildman–Crippen LogP) is 1.40. The van der Waals surface area contributed by atoms with Gasteiger partial charge in [-0.2, -0.15) is 0 Å². The molecule has 3 aromatic rings. The van der Waals surface area contributed by atoms with Gasteiger partial charge in [0.05, 0.1) is 16.4 Å². The first-order valence-electron chi connectivity index (χ1n) is 8.00. The number of carbonyl (C=O) groups excluding carboxylic acids is 1. The van der Waals surface area contributed by atoms with Crippen LogP contribution in [0, 0.1) is 0 Å². The summed E-state index contributed by atoms with van der Waals surface area (Å²) in [5, 5.41) is 0.755. The summed E-state index contributed by atoms with van der Waals surface area (Å²) < 4.78 is 3.67. The lowest BCUT2D eigenvalue weighted by Crippen LogP contribution is -2.43. The minimum absolute atomic E-state index is 0.196. The molecule has 0 atom stereocenters. The number of aryl methyl sites for hydroxylation is 2. The molecule has 1 amide bonds. The molecule has 0 saturated heterocycles. The Morgan fingerprint density at radius 3 is 2.63 bits per heavy atom. The number of aromatic nitrogens is 4. The van der Waals surface area contributed by atoms with Crippen LogP contribution in [-0.2, 0) is 32.0 Å². The monoisotopic (exact) mass is 409 g/mol. The number of benzene rings is 1. The number of amides is 1. The molecule has 142 valence electrons. The highest BCUT2D eigenvalue weighted by atomic mass is 35.5. The molecule has 0 spiro atoms. The van der Waals surface area contributed by atoms with Crippen LogP contribution in [0.5, 0.6) is 0 Å². The van der Waals surface area contributed by atoms with E-state index in [1.165, 1.54) is 27.4 Å². The molecule has 10 heteroatoms. The van der Waals surface area contributed by atoms with Crippen molar-refractivity contribution in [3.05, 3.63) is 61.0 Å². The normalized spacial score (nSPS) is 11.1. The fourth-order valence-electron chi connectivity index (χ4n) is 2.81. The van der Waals surface area contributed by atoms with Crippen molar-refractivity contribution in [2.24, 2.45) is 14.1 Å². The summed E-state index contributed by atoms with van der Waals surface area (Å²) in [4.78, 5) is 43.2. The van der Waals surface area contributed by atoms with Crippen LogP contribution in [0.4, 0.5) is 0 Å². The van der Waals surface area contributed by atoms with Crippen molar-refractivity contribution in [2.75, 3.05) is 7.05 Å². The minimum Gasteiger partial charge on any atom is -0.340 e. The molecule has 0 unspecified atom stereocenters. The first-order valence-corrected chi connectivity index (χ1v) is 8.75. The van der Waals surface area contributed by atoms with Crippen LogP contribution >= 0.6 is 23.2 Å². The standard InChI is InChI=1S/C17H17Cl2N5O3/c1-21(7-10-5-4-6-11(18)13(10)19)12(25)8-24-16(26)14-15(20-9-22(14)2)23(3)17(24)27/h4-6,9H,7-8H2,1-3H3. The van der Waals surface area contributed by atoms with E-state index in [4.69, 9.17) is 23.2 Å². The van der Waals surface area contributed by atoms with Gasteiger partial charge in [0.1, 0.15) is 6.54 Å². The highest BCUT2D eigenvalue weighted by Crippen LogP contribution is 2.26. The smallest absolute Gasteiger partial charge is 0.332 e. The number of hydrogen-bond acceptors (Lipinski definition) is 4. The molecule has 2 heterocycles. The molecule has 1 aromatic carbocycles. The van der Waals surface area contributed by atoms with E-state index in [1.54, 1.807) is 32.3 Å². The summed E-state index contributed by atoms with van der Waals surface area (Å²) in [5.74, 6) is -0.410. The Morgan fingerprint density at radius 2 is 1.93 bits per heavy atom. The van der Waals surface area contributed by atoms with Gasteiger partial charge in [-0.25, -0.2) is 14.3 Å². The number of nitrogens with zero attached hydrogens (tertiary/aromatic N) is 5. The van der Waals surface area contributed by atoms with Crippen LogP contribution < -0.4 is 11.2 Å². The molecule has 2 aromatic heterocycles. The van der Waals surface area contributed by atoms with Crippen molar-refractivity contribution in [2.45, 2.75) is 13.1 Å². The third kappa shape index (κ3) is 3.38. The number of imidazole rings is 1. The van der Waals surface area contributed by atoms with E-state index in [-0.39, 0.29) is 24.3 Å². The summed E-state index contributed by atoms with van der Waals surface area (Å²) >= 11 is 12.1. The van der Waals surface area contributed by atoms with E-state index in [0.717, 1.165) is 4.57 Å². The van der Waals surface area contributed by atoms with E-state index in [0.29, 0.717) is 15.6 Å². The number of rotatable bonds is 4. The predicted molar refractivity (Wildman–Crippen MR) is 103 cm³/mol. The summed E-state index contributed by atoms with van der Waals surface area (Å²) in [7, 11) is 4.73. The lowest BCUT2D eigenvalue weighted by molar-refractivity contribution is -0.131. The average Bonchev–Trinajstić information content (AvgIpc) is 3.02. The first-order chi connectivity index (χ1) is 12.7. The molecule has 0 saturated carbocycles. The molecular formula is C17H17Cl2N5O3. The van der Waals surface area contributed by atoms with Crippen molar-refractivity contribution < 1.29 is 4.79 Å². The number of carbonyl (C=O) groups is 1. The van der Waals surface area contributed by atoms with E-state index in [9.17, 15) is 14.4 Å². The van der Waals surface area contributed by atoms with Crippen LogP contribution in [0.25, 0.3) is 11.2 Å². The number of halogens is 2. The molecule has 0 aliphatic carbocycles. The second-order valence-corrected chi connectivity index (χ2v) is 7.01. The molecule has 0 bridgehead atoms. The summed E-state index contributed by atoms with van der Waals surface area (Å²) in [6, 6.07) is 5.14. The Hall–Kier alpha value is -2.58. The van der Waals surface area contributed by atoms with E-state index in [1.807, 2.05) is 0 Å². The van der Waals surface area contributed by atoms with Crippen molar-refractivity contribution >= 4 is 40.3 Å². The van der Waals surface area contributed by atoms with Gasteiger partial charge in [0.15, 0.2) is 11.2 Å². The van der Waals surface area contributed by atoms with Crippen molar-refractivity contribution in [1.82, 2.24) is 23.6 Å². The fraction of sp³-hybridized carbons (Fsp3) is 0.294. The quantitative estimate of drug-likeness (QED) is 0.651. The lowest BCUT2D eigenvalue weighted by atomic mass is 10.2. The Morgan fingerprint density at radius 1 is 1.22 bits per heavy atom. The minimum atomic E-state index is -0.603. The largest absolute Gasteiger partial charge is 0.340 e. The summed E-state index contributed by atoms with van der Waals surface area (Å²) in [5.41, 5.74) is 0.0347. The van der Waals surface area contributed by atoms with Crippen LogP contribution in [0.15, 0.2) is 34.1 Å². The first kappa shape index (κ1) is 19.2. The topological polar surface area (TPSA) is 82.1 Å². The molecule has 8 nitrogen and oxygen atoms in total. The third-order valence-electron chi connectivity index (χ3n) is 4.36. The number of likely N-dealkylation sites (N-methyl/N-ethyl adjacent to an activating group) is 1. The number of hydrogen-bond donors (Lipinski definition) is 0. The Kier molecular flexibility index (Phi) is 5.12. The fourth-order valence-corrected chi connectivity index (χ4v) is 3.19. The van der Waals surface area contributed by atoms with Gasteiger partial charge in [-0.3, -0.25) is 14.2 Å². The average molecular weight is 410 g/mol. The van der Waals surface area contributed by atoms with Crippen LogP contribution in [0.1, 0.15) is 5.56 Å². The van der Waals surface area contributed by atoms with Gasteiger partial charge in [0.25, 0.3) is 5.56 Å². The van der Waals surface area contributed by atoms with Gasteiger partial charge >= 0.3 is 5.69 Å². The Bertz CT molecular complexity index is 1160. The molecule has 0 fully saturated rings. The van der Waals surface area contributed by atoms with E-state index in [2.05, 4.69) is 4.98 Å². The zero-order chi connectivity index (χ0) is 19.9. The number of fused-ring (bicyclic) bond motifs is 1. The van der Waals surface area contributed by atoms with Crippen LogP contribution in [0.3, 0.4) is 0 Å². The summed E-state index contributed by atoms with van der Waals surface area (Å²) in [6.07, 6.45) is 1.45. The van der Waals surface area contributed by atoms with Crippen LogP contribution in [-0.4, -0.2) is 36.5 Å². The van der Waals surface area contributed by atoms with Gasteiger partial charge in [-0.05, 0) is 11.6 Å². The van der Waals surface area contributed by atoms with Gasteiger partial charge in [0.2, 0.25) is 5.91 Å². The molecular weight excluding hydrogens is 393 g/mol. The zero-order valence-electron chi connectivity index (χ0n) is 14.9. The maximum Gasteiger partial charge on any atom is 0.332 e. The van der Waals surface area contributed by atoms with Crippen LogP contribution in [0.2, 0.25) is 10.0 Å². The molecule has 27 heavy (non-hydrogen) atoms. The zero-order valence-corrected chi connectivity index (χ0v) is 16.5. The van der Waals surface area contributed by atoms with Gasteiger partial charge in [-0.15, -0.1) is 0 Å². The van der Waals surface area contributed by atoms with E-state index < -0.39 is 17.2 Å². The molecule has 0 aliphatic rings. The van der Waals surface area contributed by atoms with Gasteiger partial charge in [0, 0.05) is 27.7 Å². The van der Waals surface area contributed by atoms with Crippen molar-refractivity contribution in [3.63, 3.8) is 0 Å². The highest BCUT2D eigenvalue weighted by molar-refractivity contribution is 6.42. The molecule has 0 N–H and O–H groups in total. The SMILES string of the molecule is CN(Cc1cccc(Cl)c1Cl)C(=O)Cn1c(=O)c2c(ncn2C)n(C)c1=O. The maximum atomic E-state index is 12.7. The Balaban J connectivity index is 1.92. The van der Waals surface area contributed by atoms with Crippen molar-refractivity contribution in [3.8, 4) is 0 Å². The molecule has 0 radical (unpaired) electrons. The van der Waals surface area contributed by atoms with Gasteiger partial charge < -0.3 is 9.47 Å². The maximum absolute atomic E-state index is 12.7. The summed E-state index contributed by atoms with van der Waals surface area (Å²) in [6.45, 7) is -0.192. The van der Waals surface area contributed by atoms with E-state index >= 15 is 0 Å². The second kappa shape index (κ2) is 7.21. The Labute approximate surface area is 164 Å². The second-order valence-electron chi connectivity index (χ2n) is 6.22. The third-order valence-corrected chi connectivity index (χ3v) is 5.22. The highest BCUT2D eigenvalue weighted by Gasteiger charge is 2.19. The molecule has 0 aliphatic heterocycles. The lowest BCUT2D eigenvalue weighted by Gasteiger charge is -2.19. The van der Waals surface area contributed by atoms with Crippen molar-refractivity contribution in [1.29, 1.82) is 0 Å². The molecule has 3 rings (SSSR count).